The Bertz CT molecular complexity index is 429. The molecule has 1 unspecified atom stereocenters. The first-order chi connectivity index (χ1) is 9.83. The SMILES string of the molecule is NC1CCCN(c2ccccc2OCC2CCCC2)C1. The molecule has 0 spiro atoms. The molecule has 1 aromatic rings. The van der Waals surface area contributed by atoms with E-state index in [0.717, 1.165) is 37.8 Å². The lowest BCUT2D eigenvalue weighted by molar-refractivity contribution is 0.252. The quantitative estimate of drug-likeness (QED) is 0.916. The van der Waals surface area contributed by atoms with Gasteiger partial charge >= 0.3 is 0 Å². The van der Waals surface area contributed by atoms with E-state index >= 15 is 0 Å². The Morgan fingerprint density at radius 1 is 1.10 bits per heavy atom. The Balaban J connectivity index is 1.67. The average Bonchev–Trinajstić information content (AvgIpc) is 2.99. The second-order valence-corrected chi connectivity index (χ2v) is 6.28. The summed E-state index contributed by atoms with van der Waals surface area (Å²) < 4.78 is 6.13. The number of anilines is 1. The van der Waals surface area contributed by atoms with Gasteiger partial charge in [0.25, 0.3) is 0 Å². The first-order valence-electron chi connectivity index (χ1n) is 8.05. The van der Waals surface area contributed by atoms with Gasteiger partial charge < -0.3 is 15.4 Å². The van der Waals surface area contributed by atoms with Crippen molar-refractivity contribution in [1.29, 1.82) is 0 Å². The van der Waals surface area contributed by atoms with Gasteiger partial charge in [-0.25, -0.2) is 0 Å². The molecule has 0 radical (unpaired) electrons. The van der Waals surface area contributed by atoms with Gasteiger partial charge in [-0.2, -0.15) is 0 Å². The number of nitrogens with two attached hydrogens (primary N) is 1. The lowest BCUT2D eigenvalue weighted by atomic mass is 10.1. The fourth-order valence-electron chi connectivity index (χ4n) is 3.45. The molecule has 1 saturated heterocycles. The van der Waals surface area contributed by atoms with E-state index in [-0.39, 0.29) is 0 Å². The minimum atomic E-state index is 0.298. The average molecular weight is 274 g/mol. The molecular formula is C17H26N2O. The number of hydrogen-bond acceptors (Lipinski definition) is 3. The smallest absolute Gasteiger partial charge is 0.142 e. The zero-order valence-corrected chi connectivity index (χ0v) is 12.3. The van der Waals surface area contributed by atoms with Crippen molar-refractivity contribution in [1.82, 2.24) is 0 Å². The highest BCUT2D eigenvalue weighted by atomic mass is 16.5. The third-order valence-corrected chi connectivity index (χ3v) is 4.61. The normalized spacial score (nSPS) is 24.1. The van der Waals surface area contributed by atoms with Crippen LogP contribution >= 0.6 is 0 Å². The van der Waals surface area contributed by atoms with Gasteiger partial charge in [-0.05, 0) is 43.7 Å². The predicted molar refractivity (Wildman–Crippen MR) is 83.3 cm³/mol. The number of nitrogens with zero attached hydrogens (tertiary/aromatic N) is 1. The molecule has 3 rings (SSSR count). The van der Waals surface area contributed by atoms with Crippen LogP contribution in [-0.2, 0) is 0 Å². The number of piperidine rings is 1. The topological polar surface area (TPSA) is 38.5 Å². The molecule has 1 atom stereocenters. The van der Waals surface area contributed by atoms with Crippen molar-refractivity contribution in [3.8, 4) is 5.75 Å². The van der Waals surface area contributed by atoms with Gasteiger partial charge in [-0.15, -0.1) is 0 Å². The highest BCUT2D eigenvalue weighted by molar-refractivity contribution is 5.58. The molecule has 2 N–H and O–H groups in total. The maximum Gasteiger partial charge on any atom is 0.142 e. The number of rotatable bonds is 4. The van der Waals surface area contributed by atoms with Crippen LogP contribution in [0.1, 0.15) is 38.5 Å². The monoisotopic (exact) mass is 274 g/mol. The zero-order valence-electron chi connectivity index (χ0n) is 12.3. The summed E-state index contributed by atoms with van der Waals surface area (Å²) in [5, 5.41) is 0. The fourth-order valence-corrected chi connectivity index (χ4v) is 3.45. The van der Waals surface area contributed by atoms with E-state index in [1.54, 1.807) is 0 Å². The molecule has 1 heterocycles. The highest BCUT2D eigenvalue weighted by Gasteiger charge is 2.21. The van der Waals surface area contributed by atoms with E-state index < -0.39 is 0 Å². The van der Waals surface area contributed by atoms with Crippen LogP contribution in [0.25, 0.3) is 0 Å². The van der Waals surface area contributed by atoms with E-state index in [2.05, 4.69) is 29.2 Å². The van der Waals surface area contributed by atoms with Gasteiger partial charge in [0.05, 0.1) is 12.3 Å². The van der Waals surface area contributed by atoms with Crippen LogP contribution in [0.5, 0.6) is 5.75 Å². The first-order valence-corrected chi connectivity index (χ1v) is 8.05. The minimum Gasteiger partial charge on any atom is -0.491 e. The van der Waals surface area contributed by atoms with Crippen molar-refractivity contribution in [2.75, 3.05) is 24.6 Å². The maximum atomic E-state index is 6.13. The fraction of sp³-hybridized carbons (Fsp3) is 0.647. The molecule has 110 valence electrons. The molecular weight excluding hydrogens is 248 g/mol. The predicted octanol–water partition coefficient (Wildman–Crippen LogP) is 3.18. The van der Waals surface area contributed by atoms with Crippen LogP contribution in [-0.4, -0.2) is 25.7 Å². The molecule has 20 heavy (non-hydrogen) atoms. The molecule has 0 bridgehead atoms. The Hall–Kier alpha value is -1.22. The molecule has 3 heteroatoms. The van der Waals surface area contributed by atoms with E-state index in [0.29, 0.717) is 6.04 Å². The first kappa shape index (κ1) is 13.7. The Morgan fingerprint density at radius 3 is 2.70 bits per heavy atom. The Morgan fingerprint density at radius 2 is 1.90 bits per heavy atom. The van der Waals surface area contributed by atoms with Gasteiger partial charge in [0.15, 0.2) is 0 Å². The summed E-state index contributed by atoms with van der Waals surface area (Å²) in [6.45, 7) is 2.91. The molecule has 1 aliphatic carbocycles. The molecule has 0 amide bonds. The molecule has 1 aromatic carbocycles. The molecule has 2 aliphatic rings. The Kier molecular flexibility index (Phi) is 4.46. The van der Waals surface area contributed by atoms with E-state index in [4.69, 9.17) is 10.5 Å². The van der Waals surface area contributed by atoms with Crippen LogP contribution in [0.4, 0.5) is 5.69 Å². The van der Waals surface area contributed by atoms with Gasteiger partial charge in [-0.3, -0.25) is 0 Å². The number of hydrogen-bond donors (Lipinski definition) is 1. The van der Waals surface area contributed by atoms with Gasteiger partial charge in [-0.1, -0.05) is 25.0 Å². The summed E-state index contributed by atoms with van der Waals surface area (Å²) in [7, 11) is 0. The van der Waals surface area contributed by atoms with Crippen molar-refractivity contribution in [3.63, 3.8) is 0 Å². The summed E-state index contributed by atoms with van der Waals surface area (Å²) >= 11 is 0. The third-order valence-electron chi connectivity index (χ3n) is 4.61. The zero-order chi connectivity index (χ0) is 13.8. The number of para-hydroxylation sites is 2. The lowest BCUT2D eigenvalue weighted by Crippen LogP contribution is -2.43. The standard InChI is InChI=1S/C17H26N2O/c18-15-8-5-11-19(12-15)16-9-3-4-10-17(16)20-13-14-6-1-2-7-14/h3-4,9-10,14-15H,1-2,5-8,11-13,18H2. The van der Waals surface area contributed by atoms with Gasteiger partial charge in [0, 0.05) is 19.1 Å². The second kappa shape index (κ2) is 6.49. The van der Waals surface area contributed by atoms with Crippen molar-refractivity contribution < 1.29 is 4.74 Å². The van der Waals surface area contributed by atoms with Gasteiger partial charge in [0.1, 0.15) is 5.75 Å². The van der Waals surface area contributed by atoms with Crippen LogP contribution in [0.2, 0.25) is 0 Å². The van der Waals surface area contributed by atoms with Crippen LogP contribution in [0.15, 0.2) is 24.3 Å². The molecule has 2 fully saturated rings. The maximum absolute atomic E-state index is 6.13. The van der Waals surface area contributed by atoms with Crippen LogP contribution in [0.3, 0.4) is 0 Å². The summed E-state index contributed by atoms with van der Waals surface area (Å²) in [5.41, 5.74) is 7.33. The molecule has 3 nitrogen and oxygen atoms in total. The Labute approximate surface area is 122 Å². The summed E-state index contributed by atoms with van der Waals surface area (Å²) in [5.74, 6) is 1.79. The van der Waals surface area contributed by atoms with Crippen molar-refractivity contribution in [2.45, 2.75) is 44.6 Å². The van der Waals surface area contributed by atoms with Gasteiger partial charge in [0.2, 0.25) is 0 Å². The highest BCUT2D eigenvalue weighted by Crippen LogP contribution is 2.32. The molecule has 1 saturated carbocycles. The van der Waals surface area contributed by atoms with E-state index in [1.165, 1.54) is 37.8 Å². The summed E-state index contributed by atoms with van der Waals surface area (Å²) in [6, 6.07) is 8.73. The largest absolute Gasteiger partial charge is 0.491 e. The third kappa shape index (κ3) is 3.26. The van der Waals surface area contributed by atoms with Crippen molar-refractivity contribution in [3.05, 3.63) is 24.3 Å². The molecule has 0 aromatic heterocycles. The molecule has 1 aliphatic heterocycles. The van der Waals surface area contributed by atoms with E-state index in [9.17, 15) is 0 Å². The van der Waals surface area contributed by atoms with Crippen molar-refractivity contribution in [2.24, 2.45) is 11.7 Å². The second-order valence-electron chi connectivity index (χ2n) is 6.28. The number of ether oxygens (including phenoxy) is 1. The number of benzene rings is 1. The summed E-state index contributed by atoms with van der Waals surface area (Å²) in [6.07, 6.45) is 7.72. The summed E-state index contributed by atoms with van der Waals surface area (Å²) in [4.78, 5) is 2.39. The minimum absolute atomic E-state index is 0.298. The van der Waals surface area contributed by atoms with Crippen molar-refractivity contribution >= 4 is 5.69 Å². The lowest BCUT2D eigenvalue weighted by Gasteiger charge is -2.33. The van der Waals surface area contributed by atoms with E-state index in [1.807, 2.05) is 0 Å². The van der Waals surface area contributed by atoms with Crippen LogP contribution in [0, 0.1) is 5.92 Å². The van der Waals surface area contributed by atoms with Crippen LogP contribution < -0.4 is 15.4 Å².